The molecule has 0 bridgehead atoms. The summed E-state index contributed by atoms with van der Waals surface area (Å²) in [5.74, 6) is 0.301. The van der Waals surface area contributed by atoms with Gasteiger partial charge in [0.2, 0.25) is 11.8 Å². The molecule has 0 atom stereocenters. The number of para-hydroxylation sites is 1. The van der Waals surface area contributed by atoms with Crippen molar-refractivity contribution in [3.63, 3.8) is 0 Å². The molecular formula is C27H26N4O2S2. The number of amides is 2. The lowest BCUT2D eigenvalue weighted by Crippen LogP contribution is -2.49. The minimum atomic E-state index is -0.0736. The van der Waals surface area contributed by atoms with Crippen molar-refractivity contribution in [2.45, 2.75) is 10.8 Å². The summed E-state index contributed by atoms with van der Waals surface area (Å²) in [5, 5.41) is 7.04. The summed E-state index contributed by atoms with van der Waals surface area (Å²) in [5.41, 5.74) is 2.78. The van der Waals surface area contributed by atoms with E-state index in [1.165, 1.54) is 28.8 Å². The Balaban J connectivity index is 1.09. The first-order chi connectivity index (χ1) is 17.2. The molecule has 178 valence electrons. The second-order valence-electron chi connectivity index (χ2n) is 8.35. The molecule has 1 aliphatic rings. The van der Waals surface area contributed by atoms with Crippen molar-refractivity contribution < 1.29 is 9.59 Å². The summed E-state index contributed by atoms with van der Waals surface area (Å²) in [4.78, 5) is 34.1. The monoisotopic (exact) mass is 502 g/mol. The number of anilines is 2. The third kappa shape index (κ3) is 5.83. The summed E-state index contributed by atoms with van der Waals surface area (Å²) < 4.78 is 0.801. The molecule has 3 aromatic carbocycles. The number of rotatable bonds is 7. The minimum absolute atomic E-state index is 0.0736. The maximum Gasteiger partial charge on any atom is 0.234 e. The van der Waals surface area contributed by atoms with E-state index in [4.69, 9.17) is 0 Å². The Morgan fingerprint density at radius 1 is 0.914 bits per heavy atom. The number of carbonyl (C=O) groups is 2. The highest BCUT2D eigenvalue weighted by Gasteiger charge is 2.22. The predicted molar refractivity (Wildman–Crippen MR) is 144 cm³/mol. The fraction of sp³-hybridized carbons (Fsp3) is 0.222. The molecule has 1 N–H and O–H groups in total. The van der Waals surface area contributed by atoms with Gasteiger partial charge in [0.1, 0.15) is 0 Å². The second-order valence-corrected chi connectivity index (χ2v) is 10.4. The zero-order valence-corrected chi connectivity index (χ0v) is 20.9. The van der Waals surface area contributed by atoms with Gasteiger partial charge in [-0.1, -0.05) is 66.4 Å². The van der Waals surface area contributed by atoms with Gasteiger partial charge < -0.3 is 15.1 Å². The molecule has 1 aromatic heterocycles. The van der Waals surface area contributed by atoms with Crippen LogP contribution in [0.25, 0.3) is 10.8 Å². The van der Waals surface area contributed by atoms with Crippen LogP contribution in [0.3, 0.4) is 0 Å². The van der Waals surface area contributed by atoms with Gasteiger partial charge >= 0.3 is 0 Å². The molecule has 8 heteroatoms. The smallest absolute Gasteiger partial charge is 0.234 e. The first kappa shape index (κ1) is 23.4. The summed E-state index contributed by atoms with van der Waals surface area (Å²) in [6.45, 7) is 3.10. The van der Waals surface area contributed by atoms with E-state index in [1.807, 2.05) is 70.9 Å². The van der Waals surface area contributed by atoms with E-state index in [2.05, 4.69) is 27.3 Å². The highest BCUT2D eigenvalue weighted by atomic mass is 32.2. The van der Waals surface area contributed by atoms with Crippen molar-refractivity contribution in [1.29, 1.82) is 0 Å². The number of nitrogens with one attached hydrogen (secondary N) is 1. The molecule has 1 saturated heterocycles. The van der Waals surface area contributed by atoms with E-state index in [0.717, 1.165) is 39.6 Å². The summed E-state index contributed by atoms with van der Waals surface area (Å²) in [6.07, 6.45) is 0.296. The van der Waals surface area contributed by atoms with Gasteiger partial charge in [0.25, 0.3) is 0 Å². The van der Waals surface area contributed by atoms with Gasteiger partial charge in [-0.15, -0.1) is 11.3 Å². The van der Waals surface area contributed by atoms with Crippen LogP contribution in [0.1, 0.15) is 5.69 Å². The highest BCUT2D eigenvalue weighted by Crippen LogP contribution is 2.26. The van der Waals surface area contributed by atoms with Gasteiger partial charge in [0.05, 0.1) is 17.9 Å². The Labute approximate surface area is 213 Å². The van der Waals surface area contributed by atoms with Gasteiger partial charge in [-0.2, -0.15) is 0 Å². The van der Waals surface area contributed by atoms with Crippen molar-refractivity contribution in [2.24, 2.45) is 0 Å². The van der Waals surface area contributed by atoms with Crippen LogP contribution in [0.2, 0.25) is 0 Å². The van der Waals surface area contributed by atoms with Crippen LogP contribution in [-0.2, 0) is 16.0 Å². The van der Waals surface area contributed by atoms with Crippen LogP contribution >= 0.6 is 23.1 Å². The fourth-order valence-corrected chi connectivity index (χ4v) is 5.85. The van der Waals surface area contributed by atoms with Gasteiger partial charge in [-0.05, 0) is 23.6 Å². The Morgan fingerprint density at radius 3 is 2.49 bits per heavy atom. The van der Waals surface area contributed by atoms with Crippen molar-refractivity contribution in [2.75, 3.05) is 42.1 Å². The van der Waals surface area contributed by atoms with Gasteiger partial charge in [-0.25, -0.2) is 4.98 Å². The van der Waals surface area contributed by atoms with E-state index in [0.29, 0.717) is 19.5 Å². The highest BCUT2D eigenvalue weighted by molar-refractivity contribution is 8.01. The van der Waals surface area contributed by atoms with Crippen molar-refractivity contribution in [3.8, 4) is 0 Å². The largest absolute Gasteiger partial charge is 0.368 e. The molecular weight excluding hydrogens is 476 g/mol. The standard InChI is InChI=1S/C27H26N4O2S2/c32-25(29-24-12-6-8-20-7-4-5-11-23(20)24)19-35-27-28-21(18-34-27)17-26(33)31-15-13-30(14-16-31)22-9-2-1-3-10-22/h1-12,18H,13-17,19H2,(H,29,32). The molecule has 1 fully saturated rings. The Morgan fingerprint density at radius 2 is 1.66 bits per heavy atom. The lowest BCUT2D eigenvalue weighted by molar-refractivity contribution is -0.130. The van der Waals surface area contributed by atoms with Crippen molar-refractivity contribution >= 4 is 57.1 Å². The molecule has 4 aromatic rings. The zero-order valence-electron chi connectivity index (χ0n) is 19.2. The second kappa shape index (κ2) is 10.9. The molecule has 5 rings (SSSR count). The van der Waals surface area contributed by atoms with E-state index >= 15 is 0 Å². The first-order valence-electron chi connectivity index (χ1n) is 11.6. The minimum Gasteiger partial charge on any atom is -0.368 e. The van der Waals surface area contributed by atoms with Crippen molar-refractivity contribution in [1.82, 2.24) is 9.88 Å². The SMILES string of the molecule is O=C(CSc1nc(CC(=O)N2CCN(c3ccccc3)CC2)cs1)Nc1cccc2ccccc12. The Hall–Kier alpha value is -3.36. The zero-order chi connectivity index (χ0) is 24.0. The van der Waals surface area contributed by atoms with Crippen LogP contribution < -0.4 is 10.2 Å². The van der Waals surface area contributed by atoms with Crippen molar-refractivity contribution in [3.05, 3.63) is 83.9 Å². The number of piperazine rings is 1. The van der Waals surface area contributed by atoms with Gasteiger partial charge in [0.15, 0.2) is 4.34 Å². The molecule has 0 saturated carbocycles. The van der Waals surface area contributed by atoms with Crippen LogP contribution in [-0.4, -0.2) is 53.6 Å². The Bertz CT molecular complexity index is 1310. The third-order valence-electron chi connectivity index (χ3n) is 6.01. The fourth-order valence-electron chi connectivity index (χ4n) is 4.20. The maximum absolute atomic E-state index is 12.8. The quantitative estimate of drug-likeness (QED) is 0.364. The Kier molecular flexibility index (Phi) is 7.30. The van der Waals surface area contributed by atoms with E-state index in [1.54, 1.807) is 0 Å². The summed E-state index contributed by atoms with van der Waals surface area (Å²) in [7, 11) is 0. The number of hydrogen-bond donors (Lipinski definition) is 1. The van der Waals surface area contributed by atoms with Gasteiger partial charge in [0, 0.05) is 48.3 Å². The van der Waals surface area contributed by atoms with E-state index < -0.39 is 0 Å². The number of hydrogen-bond acceptors (Lipinski definition) is 6. The average Bonchev–Trinajstić information content (AvgIpc) is 3.35. The molecule has 0 radical (unpaired) electrons. The maximum atomic E-state index is 12.8. The molecule has 0 aliphatic carbocycles. The normalized spacial score (nSPS) is 13.7. The average molecular weight is 503 g/mol. The van der Waals surface area contributed by atoms with Crippen LogP contribution in [0.4, 0.5) is 11.4 Å². The third-order valence-corrected chi connectivity index (χ3v) is 8.08. The lowest BCUT2D eigenvalue weighted by Gasteiger charge is -2.36. The van der Waals surface area contributed by atoms with Crippen LogP contribution in [0, 0.1) is 0 Å². The number of aromatic nitrogens is 1. The summed E-state index contributed by atoms with van der Waals surface area (Å²) >= 11 is 2.88. The molecule has 0 spiro atoms. The molecule has 2 heterocycles. The summed E-state index contributed by atoms with van der Waals surface area (Å²) in [6, 6.07) is 24.2. The van der Waals surface area contributed by atoms with Crippen LogP contribution in [0.15, 0.2) is 82.5 Å². The number of fused-ring (bicyclic) bond motifs is 1. The van der Waals surface area contributed by atoms with E-state index in [-0.39, 0.29) is 17.6 Å². The molecule has 35 heavy (non-hydrogen) atoms. The molecule has 0 unspecified atom stereocenters. The van der Waals surface area contributed by atoms with E-state index in [9.17, 15) is 9.59 Å². The number of carbonyl (C=O) groups excluding carboxylic acids is 2. The molecule has 1 aliphatic heterocycles. The number of benzene rings is 3. The number of thioether (sulfide) groups is 1. The molecule has 6 nitrogen and oxygen atoms in total. The number of nitrogens with zero attached hydrogens (tertiary/aromatic N) is 3. The number of thiazole rings is 1. The first-order valence-corrected chi connectivity index (χ1v) is 13.4. The van der Waals surface area contributed by atoms with Gasteiger partial charge in [-0.3, -0.25) is 9.59 Å². The lowest BCUT2D eigenvalue weighted by atomic mass is 10.1. The van der Waals surface area contributed by atoms with Crippen LogP contribution in [0.5, 0.6) is 0 Å². The topological polar surface area (TPSA) is 65.5 Å². The molecule has 2 amide bonds. The predicted octanol–water partition coefficient (Wildman–Crippen LogP) is 4.92.